The molecule has 0 aliphatic carbocycles. The van der Waals surface area contributed by atoms with Gasteiger partial charge in [0.2, 0.25) is 0 Å². The Morgan fingerprint density at radius 1 is 1.32 bits per heavy atom. The Balaban J connectivity index is 1.77. The molecule has 1 fully saturated rings. The summed E-state index contributed by atoms with van der Waals surface area (Å²) in [6, 6.07) is 6.95. The second kappa shape index (κ2) is 7.45. The Hall–Kier alpha value is -2.06. The number of imidazole rings is 1. The molecule has 0 amide bonds. The number of nitrogens with zero attached hydrogens (tertiary/aromatic N) is 3. The van der Waals surface area contributed by atoms with Crippen LogP contribution in [0.25, 0.3) is 0 Å². The summed E-state index contributed by atoms with van der Waals surface area (Å²) < 4.78 is 44.4. The van der Waals surface area contributed by atoms with Crippen molar-refractivity contribution in [2.45, 2.75) is 18.8 Å². The van der Waals surface area contributed by atoms with E-state index in [1.807, 2.05) is 29.9 Å². The molecule has 25 heavy (non-hydrogen) atoms. The number of rotatable bonds is 5. The lowest BCUT2D eigenvalue weighted by molar-refractivity contribution is -0.153. The molecule has 0 saturated carbocycles. The highest BCUT2D eigenvalue weighted by molar-refractivity contribution is 5.33. The molecule has 0 spiro atoms. The van der Waals surface area contributed by atoms with E-state index in [2.05, 4.69) is 15.2 Å². The van der Waals surface area contributed by atoms with Crippen LogP contribution in [0.4, 0.5) is 13.2 Å². The van der Waals surface area contributed by atoms with Gasteiger partial charge in [-0.2, -0.15) is 13.2 Å². The molecular weight excluding hydrogens is 333 g/mol. The molecule has 5 nitrogen and oxygen atoms in total. The van der Waals surface area contributed by atoms with E-state index < -0.39 is 12.8 Å². The summed E-state index contributed by atoms with van der Waals surface area (Å²) in [5.41, 5.74) is 0.743. The van der Waals surface area contributed by atoms with Crippen LogP contribution < -0.4 is 10.1 Å². The molecule has 1 aromatic heterocycles. The van der Waals surface area contributed by atoms with E-state index in [1.54, 1.807) is 18.3 Å². The number of aromatic nitrogens is 2. The van der Waals surface area contributed by atoms with Crippen LogP contribution in [0.5, 0.6) is 5.75 Å². The van der Waals surface area contributed by atoms with Crippen LogP contribution in [-0.4, -0.2) is 46.9 Å². The maximum Gasteiger partial charge on any atom is 0.422 e. The van der Waals surface area contributed by atoms with Crippen LogP contribution in [-0.2, 0) is 13.6 Å². The van der Waals surface area contributed by atoms with Crippen LogP contribution in [0.2, 0.25) is 0 Å². The molecule has 3 rings (SSSR count). The lowest BCUT2D eigenvalue weighted by Crippen LogP contribution is -2.46. The third-order valence-corrected chi connectivity index (χ3v) is 4.25. The van der Waals surface area contributed by atoms with Crippen molar-refractivity contribution in [3.8, 4) is 5.75 Å². The van der Waals surface area contributed by atoms with Gasteiger partial charge in [-0.1, -0.05) is 18.2 Å². The van der Waals surface area contributed by atoms with Crippen LogP contribution in [0.3, 0.4) is 0 Å². The highest BCUT2D eigenvalue weighted by Crippen LogP contribution is 2.27. The Bertz CT molecular complexity index is 701. The number of hydrogen-bond donors (Lipinski definition) is 1. The standard InChI is InChI=1S/C17H21F3N4O/c1-23-8-7-22-16(23)14-10-21-6-9-24(14)11-13-4-2-3-5-15(13)25-12-17(18,19)20/h2-5,7-8,14,21H,6,9-12H2,1H3. The van der Waals surface area contributed by atoms with Gasteiger partial charge in [0, 0.05) is 51.2 Å². The zero-order valence-electron chi connectivity index (χ0n) is 14.0. The number of halogens is 3. The quantitative estimate of drug-likeness (QED) is 0.896. The van der Waals surface area contributed by atoms with Crippen molar-refractivity contribution in [3.05, 3.63) is 48.0 Å². The lowest BCUT2D eigenvalue weighted by atomic mass is 10.1. The van der Waals surface area contributed by atoms with E-state index in [0.29, 0.717) is 6.54 Å². The van der Waals surface area contributed by atoms with Crippen LogP contribution in [0.1, 0.15) is 17.4 Å². The second-order valence-corrected chi connectivity index (χ2v) is 6.10. The topological polar surface area (TPSA) is 42.3 Å². The van der Waals surface area contributed by atoms with Gasteiger partial charge in [-0.25, -0.2) is 4.98 Å². The molecule has 1 atom stereocenters. The van der Waals surface area contributed by atoms with E-state index in [4.69, 9.17) is 4.74 Å². The van der Waals surface area contributed by atoms with Crippen LogP contribution in [0.15, 0.2) is 36.7 Å². The summed E-state index contributed by atoms with van der Waals surface area (Å²) in [6.07, 6.45) is -0.706. The molecule has 0 bridgehead atoms. The molecule has 2 heterocycles. The zero-order chi connectivity index (χ0) is 17.9. The minimum absolute atomic E-state index is 0.0597. The summed E-state index contributed by atoms with van der Waals surface area (Å²) in [5, 5.41) is 3.35. The minimum Gasteiger partial charge on any atom is -0.484 e. The Morgan fingerprint density at radius 3 is 2.84 bits per heavy atom. The number of benzene rings is 1. The van der Waals surface area contributed by atoms with Gasteiger partial charge in [0.05, 0.1) is 6.04 Å². The Labute approximate surface area is 144 Å². The average Bonchev–Trinajstić information content (AvgIpc) is 3.00. The first kappa shape index (κ1) is 17.8. The van der Waals surface area contributed by atoms with Gasteiger partial charge >= 0.3 is 6.18 Å². The minimum atomic E-state index is -4.35. The zero-order valence-corrected chi connectivity index (χ0v) is 14.0. The highest BCUT2D eigenvalue weighted by Gasteiger charge is 2.30. The molecule has 2 aromatic rings. The van der Waals surface area contributed by atoms with Crippen molar-refractivity contribution in [2.75, 3.05) is 26.2 Å². The van der Waals surface area contributed by atoms with Crippen molar-refractivity contribution in [3.63, 3.8) is 0 Å². The first-order chi connectivity index (χ1) is 11.9. The Kier molecular flexibility index (Phi) is 5.29. The Morgan fingerprint density at radius 2 is 2.12 bits per heavy atom. The predicted octanol–water partition coefficient (Wildman–Crippen LogP) is 2.51. The second-order valence-electron chi connectivity index (χ2n) is 6.10. The van der Waals surface area contributed by atoms with Gasteiger partial charge in [0.25, 0.3) is 0 Å². The first-order valence-corrected chi connectivity index (χ1v) is 8.13. The predicted molar refractivity (Wildman–Crippen MR) is 87.2 cm³/mol. The molecule has 0 radical (unpaired) electrons. The molecule has 1 unspecified atom stereocenters. The summed E-state index contributed by atoms with van der Waals surface area (Å²) >= 11 is 0. The van der Waals surface area contributed by atoms with Gasteiger partial charge in [-0.05, 0) is 6.07 Å². The third-order valence-electron chi connectivity index (χ3n) is 4.25. The van der Waals surface area contributed by atoms with E-state index in [9.17, 15) is 13.2 Å². The van der Waals surface area contributed by atoms with Crippen LogP contribution >= 0.6 is 0 Å². The van der Waals surface area contributed by atoms with Gasteiger partial charge < -0.3 is 14.6 Å². The fraction of sp³-hybridized carbons (Fsp3) is 0.471. The number of para-hydroxylation sites is 1. The number of ether oxygens (including phenoxy) is 1. The van der Waals surface area contributed by atoms with Crippen molar-refractivity contribution in [2.24, 2.45) is 7.05 Å². The molecule has 1 aliphatic heterocycles. The van der Waals surface area contributed by atoms with E-state index >= 15 is 0 Å². The summed E-state index contributed by atoms with van der Waals surface area (Å²) in [5.74, 6) is 1.21. The van der Waals surface area contributed by atoms with E-state index in [0.717, 1.165) is 31.0 Å². The first-order valence-electron chi connectivity index (χ1n) is 8.13. The molecular formula is C17H21F3N4O. The maximum atomic E-state index is 12.5. The van der Waals surface area contributed by atoms with Crippen molar-refractivity contribution < 1.29 is 17.9 Å². The summed E-state index contributed by atoms with van der Waals surface area (Å²) in [6.45, 7) is 1.58. The smallest absolute Gasteiger partial charge is 0.422 e. The van der Waals surface area contributed by atoms with Gasteiger partial charge in [0.1, 0.15) is 11.6 Å². The SMILES string of the molecule is Cn1ccnc1C1CNCCN1Cc1ccccc1OCC(F)(F)F. The highest BCUT2D eigenvalue weighted by atomic mass is 19.4. The van der Waals surface area contributed by atoms with Gasteiger partial charge in [-0.3, -0.25) is 4.90 Å². The maximum absolute atomic E-state index is 12.5. The van der Waals surface area contributed by atoms with Gasteiger partial charge in [0.15, 0.2) is 6.61 Å². The van der Waals surface area contributed by atoms with E-state index in [1.165, 1.54) is 0 Å². The third kappa shape index (κ3) is 4.52. The van der Waals surface area contributed by atoms with Crippen molar-refractivity contribution in [1.82, 2.24) is 19.8 Å². The van der Waals surface area contributed by atoms with Crippen molar-refractivity contribution in [1.29, 1.82) is 0 Å². The van der Waals surface area contributed by atoms with Crippen molar-refractivity contribution >= 4 is 0 Å². The fourth-order valence-corrected chi connectivity index (χ4v) is 3.04. The lowest BCUT2D eigenvalue weighted by Gasteiger charge is -2.36. The molecule has 1 aliphatic rings. The number of hydrogen-bond acceptors (Lipinski definition) is 4. The van der Waals surface area contributed by atoms with E-state index in [-0.39, 0.29) is 11.8 Å². The molecule has 1 saturated heterocycles. The molecule has 8 heteroatoms. The largest absolute Gasteiger partial charge is 0.484 e. The number of aryl methyl sites for hydroxylation is 1. The molecule has 1 N–H and O–H groups in total. The summed E-state index contributed by atoms with van der Waals surface area (Å²) in [7, 11) is 1.94. The fourth-order valence-electron chi connectivity index (χ4n) is 3.04. The monoisotopic (exact) mass is 354 g/mol. The molecule has 1 aromatic carbocycles. The van der Waals surface area contributed by atoms with Gasteiger partial charge in [-0.15, -0.1) is 0 Å². The normalized spacial score (nSPS) is 19.1. The average molecular weight is 354 g/mol. The number of piperazine rings is 1. The van der Waals surface area contributed by atoms with Crippen LogP contribution in [0, 0.1) is 0 Å². The number of nitrogens with one attached hydrogen (secondary N) is 1. The number of alkyl halides is 3. The summed E-state index contributed by atoms with van der Waals surface area (Å²) in [4.78, 5) is 6.64. The molecule has 136 valence electrons.